The molecular formula is C40H28N2. The zero-order valence-electron chi connectivity index (χ0n) is 23.1. The highest BCUT2D eigenvalue weighted by Gasteiger charge is 2.29. The van der Waals surface area contributed by atoms with E-state index in [0.717, 1.165) is 23.5 Å². The van der Waals surface area contributed by atoms with Crippen LogP contribution in [-0.4, -0.2) is 4.57 Å². The highest BCUT2D eigenvalue weighted by molar-refractivity contribution is 6.26. The quantitative estimate of drug-likeness (QED) is 0.217. The molecule has 198 valence electrons. The van der Waals surface area contributed by atoms with Crippen LogP contribution in [0.3, 0.4) is 0 Å². The molecule has 2 heteroatoms. The molecular weight excluding hydrogens is 508 g/mol. The second-order valence-corrected chi connectivity index (χ2v) is 11.3. The van der Waals surface area contributed by atoms with Gasteiger partial charge >= 0.3 is 0 Å². The molecule has 0 aliphatic heterocycles. The Labute approximate surface area is 245 Å². The molecule has 1 atom stereocenters. The fraction of sp³-hybridized carbons (Fsp3) is 0.0500. The average molecular weight is 537 g/mol. The van der Waals surface area contributed by atoms with Gasteiger partial charge in [0.15, 0.2) is 0 Å². The van der Waals surface area contributed by atoms with Crippen molar-refractivity contribution in [3.8, 4) is 5.69 Å². The van der Waals surface area contributed by atoms with E-state index in [1.165, 1.54) is 55.0 Å². The van der Waals surface area contributed by atoms with E-state index in [1.54, 1.807) is 0 Å². The summed E-state index contributed by atoms with van der Waals surface area (Å²) in [4.78, 5) is 2.34. The van der Waals surface area contributed by atoms with Crippen molar-refractivity contribution in [2.75, 3.05) is 4.90 Å². The highest BCUT2D eigenvalue weighted by atomic mass is 15.1. The minimum Gasteiger partial charge on any atom is -0.310 e. The van der Waals surface area contributed by atoms with Crippen molar-refractivity contribution in [2.24, 2.45) is 0 Å². The molecule has 1 aromatic heterocycles. The predicted molar refractivity (Wildman–Crippen MR) is 177 cm³/mol. The molecule has 7 aromatic rings. The number of aromatic nitrogens is 1. The van der Waals surface area contributed by atoms with Crippen molar-refractivity contribution in [1.82, 2.24) is 4.57 Å². The van der Waals surface area contributed by atoms with Gasteiger partial charge in [0.25, 0.3) is 0 Å². The summed E-state index contributed by atoms with van der Waals surface area (Å²) in [6.45, 7) is 0. The summed E-state index contributed by atoms with van der Waals surface area (Å²) in [6.07, 6.45) is 7.92. The Morgan fingerprint density at radius 1 is 0.571 bits per heavy atom. The van der Waals surface area contributed by atoms with E-state index in [2.05, 4.69) is 161 Å². The Morgan fingerprint density at radius 2 is 1.29 bits per heavy atom. The molecule has 42 heavy (non-hydrogen) atoms. The van der Waals surface area contributed by atoms with E-state index in [-0.39, 0.29) is 0 Å². The molecule has 6 aromatic carbocycles. The Hall–Kier alpha value is -5.34. The average Bonchev–Trinajstić information content (AvgIpc) is 3.34. The third-order valence-corrected chi connectivity index (χ3v) is 9.05. The monoisotopic (exact) mass is 536 g/mol. The Morgan fingerprint density at radius 3 is 2.10 bits per heavy atom. The lowest BCUT2D eigenvalue weighted by Crippen LogP contribution is -2.10. The van der Waals surface area contributed by atoms with Crippen LogP contribution in [-0.2, 0) is 0 Å². The standard InChI is InChI=1S/C40H28N2/c1-3-13-28(14-4-1)41(29-15-5-2-6-16-29)30-17-10-18-31(26-30)42-36-23-11-22-35-33-20-8-7-19-32(33)34-21-9-12-27-24-25-37(42)40(38(27)34)39(35)36/h1-19,21-26,33H,20H2. The summed E-state index contributed by atoms with van der Waals surface area (Å²) in [6, 6.07) is 48.6. The van der Waals surface area contributed by atoms with Gasteiger partial charge < -0.3 is 9.47 Å². The molecule has 0 saturated heterocycles. The smallest absolute Gasteiger partial charge is 0.0547 e. The van der Waals surface area contributed by atoms with Crippen molar-refractivity contribution < 1.29 is 0 Å². The summed E-state index contributed by atoms with van der Waals surface area (Å²) < 4.78 is 2.48. The van der Waals surface area contributed by atoms with Crippen LogP contribution in [0.25, 0.3) is 43.8 Å². The van der Waals surface area contributed by atoms with E-state index in [9.17, 15) is 0 Å². The first-order valence-electron chi connectivity index (χ1n) is 14.7. The van der Waals surface area contributed by atoms with Gasteiger partial charge in [-0.3, -0.25) is 0 Å². The molecule has 0 amide bonds. The largest absolute Gasteiger partial charge is 0.310 e. The van der Waals surface area contributed by atoms with E-state index in [1.807, 2.05) is 0 Å². The molecule has 0 spiro atoms. The maximum Gasteiger partial charge on any atom is 0.0547 e. The molecule has 0 bridgehead atoms. The normalized spacial score (nSPS) is 15.3. The minimum absolute atomic E-state index is 0.355. The molecule has 9 rings (SSSR count). The Balaban J connectivity index is 1.35. The lowest BCUT2D eigenvalue weighted by Gasteiger charge is -2.26. The maximum atomic E-state index is 2.48. The van der Waals surface area contributed by atoms with Crippen LogP contribution in [0.15, 0.2) is 152 Å². The Kier molecular flexibility index (Phi) is 5.06. The number of hydrogen-bond acceptors (Lipinski definition) is 1. The summed E-state index contributed by atoms with van der Waals surface area (Å²) in [5.74, 6) is 0.355. The summed E-state index contributed by atoms with van der Waals surface area (Å²) >= 11 is 0. The summed E-state index contributed by atoms with van der Waals surface area (Å²) in [5, 5.41) is 5.44. The molecule has 1 unspecified atom stereocenters. The number of nitrogens with zero attached hydrogens (tertiary/aromatic N) is 2. The molecule has 2 nitrogen and oxygen atoms in total. The van der Waals surface area contributed by atoms with E-state index in [0.29, 0.717) is 5.92 Å². The molecule has 1 heterocycles. The number of para-hydroxylation sites is 2. The number of rotatable bonds is 4. The third kappa shape index (κ3) is 3.33. The van der Waals surface area contributed by atoms with Gasteiger partial charge in [-0.05, 0) is 88.5 Å². The van der Waals surface area contributed by atoms with Crippen LogP contribution in [0.1, 0.15) is 23.5 Å². The minimum atomic E-state index is 0.355. The topological polar surface area (TPSA) is 8.17 Å². The molecule has 2 aliphatic carbocycles. The summed E-state index contributed by atoms with van der Waals surface area (Å²) in [7, 11) is 0. The SMILES string of the molecule is C1=CCC2C(=C1)c1cccc3ccc4c(c13)c1c2cccc1n4-c1cccc(N(c2ccccc2)c2ccccc2)c1. The highest BCUT2D eigenvalue weighted by Crippen LogP contribution is 2.51. The summed E-state index contributed by atoms with van der Waals surface area (Å²) in [5.41, 5.74) is 11.3. The van der Waals surface area contributed by atoms with Gasteiger partial charge in [0, 0.05) is 39.4 Å². The predicted octanol–water partition coefficient (Wildman–Crippen LogP) is 10.8. The van der Waals surface area contributed by atoms with Crippen LogP contribution in [0.2, 0.25) is 0 Å². The number of hydrogen-bond donors (Lipinski definition) is 0. The fourth-order valence-electron chi connectivity index (χ4n) is 7.34. The van der Waals surface area contributed by atoms with Gasteiger partial charge in [0.1, 0.15) is 0 Å². The maximum absolute atomic E-state index is 2.48. The van der Waals surface area contributed by atoms with Crippen LogP contribution >= 0.6 is 0 Å². The number of benzene rings is 6. The zero-order chi connectivity index (χ0) is 27.6. The van der Waals surface area contributed by atoms with E-state index in [4.69, 9.17) is 0 Å². The van der Waals surface area contributed by atoms with Gasteiger partial charge in [-0.25, -0.2) is 0 Å². The first-order chi connectivity index (χ1) is 20.9. The lowest BCUT2D eigenvalue weighted by molar-refractivity contribution is 0.885. The molecule has 0 radical (unpaired) electrons. The van der Waals surface area contributed by atoms with Crippen molar-refractivity contribution in [2.45, 2.75) is 12.3 Å². The third-order valence-electron chi connectivity index (χ3n) is 9.05. The van der Waals surface area contributed by atoms with Crippen LogP contribution in [0.5, 0.6) is 0 Å². The number of allylic oxidation sites excluding steroid dienone is 4. The van der Waals surface area contributed by atoms with Crippen LogP contribution in [0.4, 0.5) is 17.1 Å². The molecule has 0 saturated carbocycles. The van der Waals surface area contributed by atoms with Crippen LogP contribution < -0.4 is 4.90 Å². The van der Waals surface area contributed by atoms with Crippen molar-refractivity contribution in [1.29, 1.82) is 0 Å². The van der Waals surface area contributed by atoms with Crippen molar-refractivity contribution >= 4 is 55.2 Å². The molecule has 2 aliphatic rings. The second kappa shape index (κ2) is 9.09. The molecule has 0 fully saturated rings. The Bertz CT molecular complexity index is 2180. The first kappa shape index (κ1) is 23.4. The first-order valence-corrected chi connectivity index (χ1v) is 14.7. The second-order valence-electron chi connectivity index (χ2n) is 11.3. The molecule has 0 N–H and O–H groups in total. The van der Waals surface area contributed by atoms with Gasteiger partial charge in [0.2, 0.25) is 0 Å². The number of fused-ring (bicyclic) bond motifs is 3. The van der Waals surface area contributed by atoms with Gasteiger partial charge in [-0.2, -0.15) is 0 Å². The van der Waals surface area contributed by atoms with E-state index < -0.39 is 0 Å². The van der Waals surface area contributed by atoms with Gasteiger partial charge in [0.05, 0.1) is 11.0 Å². The van der Waals surface area contributed by atoms with Crippen molar-refractivity contribution in [3.63, 3.8) is 0 Å². The van der Waals surface area contributed by atoms with E-state index >= 15 is 0 Å². The van der Waals surface area contributed by atoms with Gasteiger partial charge in [-0.1, -0.05) is 97.1 Å². The van der Waals surface area contributed by atoms with Gasteiger partial charge in [-0.15, -0.1) is 0 Å². The fourth-order valence-corrected chi connectivity index (χ4v) is 7.34. The zero-order valence-corrected chi connectivity index (χ0v) is 23.1. The number of anilines is 3. The van der Waals surface area contributed by atoms with Crippen LogP contribution in [0, 0.1) is 0 Å². The lowest BCUT2D eigenvalue weighted by atomic mass is 9.81. The van der Waals surface area contributed by atoms with Crippen molar-refractivity contribution in [3.05, 3.63) is 163 Å².